The molecule has 0 bridgehead atoms. The first-order valence-corrected chi connectivity index (χ1v) is 7.92. The zero-order chi connectivity index (χ0) is 19.3. The Balaban J connectivity index is 2.35. The van der Waals surface area contributed by atoms with Gasteiger partial charge in [-0.15, -0.1) is 0 Å². The molecule has 0 aliphatic rings. The molecule has 140 valence electrons. The van der Waals surface area contributed by atoms with Gasteiger partial charge in [-0.2, -0.15) is 13.2 Å². The summed E-state index contributed by atoms with van der Waals surface area (Å²) in [6.45, 7) is 0.615. The van der Waals surface area contributed by atoms with Crippen molar-refractivity contribution in [1.29, 1.82) is 0 Å². The Hall–Kier alpha value is -2.41. The zero-order valence-corrected chi connectivity index (χ0v) is 14.4. The molecule has 0 unspecified atom stereocenters. The van der Waals surface area contributed by atoms with Gasteiger partial charge in [-0.05, 0) is 35.7 Å². The van der Waals surface area contributed by atoms with Crippen molar-refractivity contribution in [3.8, 4) is 11.1 Å². The molecule has 0 heterocycles. The van der Waals surface area contributed by atoms with E-state index in [0.717, 1.165) is 5.56 Å². The molecule has 3 nitrogen and oxygen atoms in total. The third kappa shape index (κ3) is 5.56. The molecule has 2 aromatic rings. The predicted molar refractivity (Wildman–Crippen MR) is 90.1 cm³/mol. The van der Waals surface area contributed by atoms with E-state index in [2.05, 4.69) is 10.1 Å². The quantitative estimate of drug-likeness (QED) is 0.614. The normalized spacial score (nSPS) is 11.5. The van der Waals surface area contributed by atoms with Crippen molar-refractivity contribution in [1.82, 2.24) is 5.32 Å². The second-order valence-corrected chi connectivity index (χ2v) is 5.95. The van der Waals surface area contributed by atoms with Gasteiger partial charge in [0.05, 0.1) is 20.1 Å². The lowest BCUT2D eigenvalue weighted by Crippen LogP contribution is -2.28. The fourth-order valence-corrected chi connectivity index (χ4v) is 2.60. The average molecular weight is 369 g/mol. The number of carbonyl (C=O) groups is 1. The minimum Gasteiger partial charge on any atom is -0.469 e. The van der Waals surface area contributed by atoms with Gasteiger partial charge in [0.25, 0.3) is 0 Å². The van der Waals surface area contributed by atoms with Crippen molar-refractivity contribution in [2.45, 2.75) is 26.1 Å². The predicted octanol–water partition coefficient (Wildman–Crippen LogP) is 4.17. The van der Waals surface area contributed by atoms with Crippen molar-refractivity contribution in [3.63, 3.8) is 0 Å². The van der Waals surface area contributed by atoms with Crippen molar-refractivity contribution in [2.75, 3.05) is 13.7 Å². The molecule has 0 aliphatic heterocycles. The highest BCUT2D eigenvalue weighted by atomic mass is 19.4. The van der Waals surface area contributed by atoms with Crippen LogP contribution in [0.4, 0.5) is 17.6 Å². The van der Waals surface area contributed by atoms with Gasteiger partial charge in [0.2, 0.25) is 0 Å². The fraction of sp³-hybridized carbons (Fsp3) is 0.316. The topological polar surface area (TPSA) is 38.3 Å². The summed E-state index contributed by atoms with van der Waals surface area (Å²) < 4.78 is 56.1. The van der Waals surface area contributed by atoms with Crippen LogP contribution in [-0.2, 0) is 22.5 Å². The maximum absolute atomic E-state index is 14.4. The van der Waals surface area contributed by atoms with Gasteiger partial charge in [-0.1, -0.05) is 29.8 Å². The molecule has 1 N–H and O–H groups in total. The molecule has 0 aliphatic carbocycles. The second-order valence-electron chi connectivity index (χ2n) is 5.95. The van der Waals surface area contributed by atoms with Crippen LogP contribution in [-0.4, -0.2) is 25.8 Å². The number of alkyl halides is 3. The smallest absolute Gasteiger partial charge is 0.401 e. The molecule has 0 amide bonds. The van der Waals surface area contributed by atoms with Crippen molar-refractivity contribution < 1.29 is 27.1 Å². The Bertz CT molecular complexity index is 788. The molecular weight excluding hydrogens is 350 g/mol. The van der Waals surface area contributed by atoms with Crippen molar-refractivity contribution in [3.05, 3.63) is 58.9 Å². The molecular formula is C19H19F4NO2. The maximum atomic E-state index is 14.4. The van der Waals surface area contributed by atoms with Gasteiger partial charge in [-0.25, -0.2) is 4.39 Å². The van der Waals surface area contributed by atoms with Crippen LogP contribution in [0, 0.1) is 12.7 Å². The summed E-state index contributed by atoms with van der Waals surface area (Å²) >= 11 is 0. The summed E-state index contributed by atoms with van der Waals surface area (Å²) in [6, 6.07) is 9.37. The monoisotopic (exact) mass is 369 g/mol. The summed E-state index contributed by atoms with van der Waals surface area (Å²) in [5.41, 5.74) is 2.67. The van der Waals surface area contributed by atoms with Gasteiger partial charge >= 0.3 is 12.1 Å². The number of benzene rings is 2. The Morgan fingerprint density at radius 1 is 1.12 bits per heavy atom. The standard InChI is InChI=1S/C19H19F4NO2/c1-12-3-5-15(14(7-12)10-24-11-19(21,22)23)16-8-13(4-6-17(16)20)9-18(25)26-2/h3-8,24H,9-11H2,1-2H3. The van der Waals surface area contributed by atoms with Crippen LogP contribution < -0.4 is 5.32 Å². The van der Waals surface area contributed by atoms with Crippen LogP contribution >= 0.6 is 0 Å². The van der Waals surface area contributed by atoms with E-state index in [1.165, 1.54) is 25.3 Å². The Labute approximate surface area is 149 Å². The first-order valence-electron chi connectivity index (χ1n) is 7.92. The van der Waals surface area contributed by atoms with E-state index in [-0.39, 0.29) is 18.5 Å². The summed E-state index contributed by atoms with van der Waals surface area (Å²) in [5, 5.41) is 2.33. The van der Waals surface area contributed by atoms with Crippen LogP contribution in [0.1, 0.15) is 16.7 Å². The molecule has 0 fully saturated rings. The molecule has 26 heavy (non-hydrogen) atoms. The highest BCUT2D eigenvalue weighted by Crippen LogP contribution is 2.29. The van der Waals surface area contributed by atoms with Gasteiger partial charge in [0.1, 0.15) is 5.82 Å². The molecule has 2 rings (SSSR count). The Morgan fingerprint density at radius 2 is 1.85 bits per heavy atom. The summed E-state index contributed by atoms with van der Waals surface area (Å²) in [4.78, 5) is 11.4. The van der Waals surface area contributed by atoms with Crippen LogP contribution in [0.25, 0.3) is 11.1 Å². The molecule has 0 saturated carbocycles. The maximum Gasteiger partial charge on any atom is 0.401 e. The minimum atomic E-state index is -4.32. The highest BCUT2D eigenvalue weighted by Gasteiger charge is 2.26. The summed E-state index contributed by atoms with van der Waals surface area (Å²) in [5.74, 6) is -0.974. The first kappa shape index (κ1) is 19.9. The van der Waals surface area contributed by atoms with Crippen LogP contribution in [0.2, 0.25) is 0 Å². The lowest BCUT2D eigenvalue weighted by atomic mass is 9.95. The molecule has 0 spiro atoms. The number of hydrogen-bond acceptors (Lipinski definition) is 3. The van der Waals surface area contributed by atoms with Gasteiger partial charge < -0.3 is 10.1 Å². The number of methoxy groups -OCH3 is 1. The second kappa shape index (κ2) is 8.31. The lowest BCUT2D eigenvalue weighted by Gasteiger charge is -2.14. The average Bonchev–Trinajstić information content (AvgIpc) is 2.56. The summed E-state index contributed by atoms with van der Waals surface area (Å²) in [6.07, 6.45) is -4.34. The highest BCUT2D eigenvalue weighted by molar-refractivity contribution is 5.75. The largest absolute Gasteiger partial charge is 0.469 e. The number of rotatable bonds is 6. The van der Waals surface area contributed by atoms with Crippen molar-refractivity contribution >= 4 is 5.97 Å². The van der Waals surface area contributed by atoms with E-state index in [1.807, 2.05) is 0 Å². The third-order valence-corrected chi connectivity index (χ3v) is 3.80. The Kier molecular flexibility index (Phi) is 6.37. The summed E-state index contributed by atoms with van der Waals surface area (Å²) in [7, 11) is 1.26. The molecule has 0 saturated heterocycles. The lowest BCUT2D eigenvalue weighted by molar-refractivity contribution is -0.139. The minimum absolute atomic E-state index is 0.0166. The number of esters is 1. The number of aryl methyl sites for hydroxylation is 1. The van der Waals surface area contributed by atoms with Gasteiger partial charge in [-0.3, -0.25) is 4.79 Å². The van der Waals surface area contributed by atoms with E-state index in [1.54, 1.807) is 25.1 Å². The van der Waals surface area contributed by atoms with E-state index < -0.39 is 24.5 Å². The number of hydrogen-bond donors (Lipinski definition) is 1. The van der Waals surface area contributed by atoms with Gasteiger partial charge in [0.15, 0.2) is 0 Å². The molecule has 2 aromatic carbocycles. The van der Waals surface area contributed by atoms with E-state index in [9.17, 15) is 22.4 Å². The van der Waals surface area contributed by atoms with E-state index in [0.29, 0.717) is 16.7 Å². The number of halogens is 4. The Morgan fingerprint density at radius 3 is 2.50 bits per heavy atom. The van der Waals surface area contributed by atoms with Gasteiger partial charge in [0, 0.05) is 12.1 Å². The zero-order valence-electron chi connectivity index (χ0n) is 14.4. The van der Waals surface area contributed by atoms with Crippen LogP contribution in [0.3, 0.4) is 0 Å². The molecule has 0 aromatic heterocycles. The number of nitrogens with one attached hydrogen (secondary N) is 1. The van der Waals surface area contributed by atoms with Crippen LogP contribution in [0.5, 0.6) is 0 Å². The number of ether oxygens (including phenoxy) is 1. The third-order valence-electron chi connectivity index (χ3n) is 3.80. The van der Waals surface area contributed by atoms with Crippen LogP contribution in [0.15, 0.2) is 36.4 Å². The van der Waals surface area contributed by atoms with E-state index >= 15 is 0 Å². The van der Waals surface area contributed by atoms with Crippen molar-refractivity contribution in [2.24, 2.45) is 0 Å². The van der Waals surface area contributed by atoms with E-state index in [4.69, 9.17) is 0 Å². The fourth-order valence-electron chi connectivity index (χ4n) is 2.60. The molecule has 7 heteroatoms. The number of carbonyl (C=O) groups excluding carboxylic acids is 1. The molecule has 0 atom stereocenters. The molecule has 0 radical (unpaired) electrons. The first-order chi connectivity index (χ1) is 12.2. The SMILES string of the molecule is COC(=O)Cc1ccc(F)c(-c2ccc(C)cc2CNCC(F)(F)F)c1.